The summed E-state index contributed by atoms with van der Waals surface area (Å²) in [4.78, 5) is 1.14. The molecular formula is C10H15NO2S2. The van der Waals surface area contributed by atoms with Crippen molar-refractivity contribution in [2.24, 2.45) is 0 Å². The number of anilines is 1. The monoisotopic (exact) mass is 245 g/mol. The van der Waals surface area contributed by atoms with Gasteiger partial charge in [0.15, 0.2) is 0 Å². The summed E-state index contributed by atoms with van der Waals surface area (Å²) in [5.74, 6) is 0. The molecule has 0 spiro atoms. The van der Waals surface area contributed by atoms with E-state index in [0.717, 1.165) is 11.2 Å². The fraction of sp³-hybridized carbons (Fsp3) is 0.400. The molecule has 0 amide bonds. The first-order chi connectivity index (χ1) is 6.87. The highest BCUT2D eigenvalue weighted by atomic mass is 32.2. The van der Waals surface area contributed by atoms with Crippen molar-refractivity contribution in [1.29, 1.82) is 0 Å². The van der Waals surface area contributed by atoms with Crippen LogP contribution in [0.4, 0.5) is 5.69 Å². The van der Waals surface area contributed by atoms with E-state index in [-0.39, 0.29) is 0 Å². The van der Waals surface area contributed by atoms with Gasteiger partial charge in [-0.05, 0) is 24.3 Å². The summed E-state index contributed by atoms with van der Waals surface area (Å²) in [6, 6.07) is 7.37. The predicted octanol–water partition coefficient (Wildman–Crippen LogP) is 2.56. The highest BCUT2D eigenvalue weighted by Crippen LogP contribution is 2.24. The number of benzene rings is 1. The van der Waals surface area contributed by atoms with E-state index in [1.54, 1.807) is 23.9 Å². The Hall–Kier alpha value is -0.680. The first kappa shape index (κ1) is 12.4. The summed E-state index contributed by atoms with van der Waals surface area (Å²) in [6.07, 6.45) is 1.14. The third-order valence-corrected chi connectivity index (χ3v) is 3.15. The van der Waals surface area contributed by atoms with Gasteiger partial charge in [-0.25, -0.2) is 8.42 Å². The van der Waals surface area contributed by atoms with Crippen molar-refractivity contribution in [2.75, 3.05) is 11.0 Å². The van der Waals surface area contributed by atoms with Crippen molar-refractivity contribution in [3.63, 3.8) is 0 Å². The second-order valence-electron chi connectivity index (χ2n) is 3.57. The van der Waals surface area contributed by atoms with E-state index in [4.69, 9.17) is 0 Å². The Morgan fingerprint density at radius 3 is 2.13 bits per heavy atom. The zero-order chi connectivity index (χ0) is 11.5. The Morgan fingerprint density at radius 2 is 1.73 bits per heavy atom. The molecule has 1 N–H and O–H groups in total. The SMILES string of the molecule is CC(C)Sc1ccc(NS(C)(=O)=O)cc1. The maximum atomic E-state index is 10.9. The zero-order valence-electron chi connectivity index (χ0n) is 9.02. The minimum absolute atomic E-state index is 0.527. The van der Waals surface area contributed by atoms with Crippen LogP contribution in [-0.2, 0) is 10.0 Å². The Morgan fingerprint density at radius 1 is 1.20 bits per heavy atom. The second-order valence-corrected chi connectivity index (χ2v) is 6.96. The van der Waals surface area contributed by atoms with Crippen LogP contribution in [-0.4, -0.2) is 19.9 Å². The molecule has 84 valence electrons. The predicted molar refractivity (Wildman–Crippen MR) is 65.9 cm³/mol. The van der Waals surface area contributed by atoms with E-state index in [0.29, 0.717) is 10.9 Å². The van der Waals surface area contributed by atoms with Crippen LogP contribution in [0.3, 0.4) is 0 Å². The van der Waals surface area contributed by atoms with Crippen molar-refractivity contribution in [3.05, 3.63) is 24.3 Å². The summed E-state index contributed by atoms with van der Waals surface area (Å²) < 4.78 is 24.3. The molecule has 1 rings (SSSR count). The molecule has 15 heavy (non-hydrogen) atoms. The lowest BCUT2D eigenvalue weighted by atomic mass is 10.3. The molecule has 3 nitrogen and oxygen atoms in total. The highest BCUT2D eigenvalue weighted by molar-refractivity contribution is 7.99. The smallest absolute Gasteiger partial charge is 0.229 e. The van der Waals surface area contributed by atoms with Gasteiger partial charge in [-0.15, -0.1) is 11.8 Å². The molecule has 0 saturated heterocycles. The van der Waals surface area contributed by atoms with Gasteiger partial charge in [0.25, 0.3) is 0 Å². The van der Waals surface area contributed by atoms with E-state index in [1.807, 2.05) is 12.1 Å². The maximum Gasteiger partial charge on any atom is 0.229 e. The average Bonchev–Trinajstić information content (AvgIpc) is 2.05. The van der Waals surface area contributed by atoms with Gasteiger partial charge in [0.05, 0.1) is 6.26 Å². The van der Waals surface area contributed by atoms with E-state index < -0.39 is 10.0 Å². The van der Waals surface area contributed by atoms with Gasteiger partial charge in [0.2, 0.25) is 10.0 Å². The molecule has 0 aliphatic rings. The molecule has 0 fully saturated rings. The van der Waals surface area contributed by atoms with Gasteiger partial charge >= 0.3 is 0 Å². The van der Waals surface area contributed by atoms with Crippen molar-refractivity contribution in [2.45, 2.75) is 24.0 Å². The van der Waals surface area contributed by atoms with Gasteiger partial charge in [0, 0.05) is 15.8 Å². The van der Waals surface area contributed by atoms with Gasteiger partial charge in [-0.3, -0.25) is 4.72 Å². The summed E-state index contributed by atoms with van der Waals surface area (Å²) >= 11 is 1.75. The van der Waals surface area contributed by atoms with Crippen molar-refractivity contribution >= 4 is 27.5 Å². The van der Waals surface area contributed by atoms with E-state index in [9.17, 15) is 8.42 Å². The molecule has 1 aromatic carbocycles. The van der Waals surface area contributed by atoms with Gasteiger partial charge in [-0.2, -0.15) is 0 Å². The van der Waals surface area contributed by atoms with E-state index in [2.05, 4.69) is 18.6 Å². The lowest BCUT2D eigenvalue weighted by Gasteiger charge is -2.07. The van der Waals surface area contributed by atoms with Crippen LogP contribution < -0.4 is 4.72 Å². The number of rotatable bonds is 4. The average molecular weight is 245 g/mol. The molecule has 0 saturated carbocycles. The number of sulfonamides is 1. The second kappa shape index (κ2) is 4.90. The summed E-state index contributed by atoms with van der Waals surface area (Å²) in [5.41, 5.74) is 0.602. The largest absolute Gasteiger partial charge is 0.284 e. The quantitative estimate of drug-likeness (QED) is 0.829. The van der Waals surface area contributed by atoms with Crippen LogP contribution in [0.5, 0.6) is 0 Å². The summed E-state index contributed by atoms with van der Waals surface area (Å²) in [6.45, 7) is 4.24. The van der Waals surface area contributed by atoms with Gasteiger partial charge in [0.1, 0.15) is 0 Å². The van der Waals surface area contributed by atoms with E-state index >= 15 is 0 Å². The van der Waals surface area contributed by atoms with Crippen LogP contribution in [0.25, 0.3) is 0 Å². The zero-order valence-corrected chi connectivity index (χ0v) is 10.7. The molecule has 0 aromatic heterocycles. The number of hydrogen-bond donors (Lipinski definition) is 1. The Bertz CT molecular complexity index is 410. The molecule has 0 unspecified atom stereocenters. The Labute approximate surface area is 95.3 Å². The van der Waals surface area contributed by atoms with Crippen molar-refractivity contribution in [1.82, 2.24) is 0 Å². The van der Waals surface area contributed by atoms with Crippen molar-refractivity contribution < 1.29 is 8.42 Å². The van der Waals surface area contributed by atoms with Crippen LogP contribution in [0.15, 0.2) is 29.2 Å². The van der Waals surface area contributed by atoms with Gasteiger partial charge < -0.3 is 0 Å². The highest BCUT2D eigenvalue weighted by Gasteiger charge is 2.02. The topological polar surface area (TPSA) is 46.2 Å². The van der Waals surface area contributed by atoms with Crippen LogP contribution in [0, 0.1) is 0 Å². The minimum atomic E-state index is -3.17. The van der Waals surface area contributed by atoms with Crippen LogP contribution in [0.1, 0.15) is 13.8 Å². The van der Waals surface area contributed by atoms with E-state index in [1.165, 1.54) is 0 Å². The van der Waals surface area contributed by atoms with Gasteiger partial charge in [-0.1, -0.05) is 13.8 Å². The lowest BCUT2D eigenvalue weighted by Crippen LogP contribution is -2.09. The fourth-order valence-corrected chi connectivity index (χ4v) is 2.49. The number of thioether (sulfide) groups is 1. The molecule has 0 heterocycles. The number of nitrogens with one attached hydrogen (secondary N) is 1. The fourth-order valence-electron chi connectivity index (χ4n) is 1.09. The molecule has 0 radical (unpaired) electrons. The third-order valence-electron chi connectivity index (χ3n) is 1.53. The van der Waals surface area contributed by atoms with Crippen LogP contribution in [0.2, 0.25) is 0 Å². The third kappa shape index (κ3) is 5.09. The normalized spacial score (nSPS) is 11.7. The summed E-state index contributed by atoms with van der Waals surface area (Å²) in [7, 11) is -3.17. The molecule has 0 atom stereocenters. The number of hydrogen-bond acceptors (Lipinski definition) is 3. The van der Waals surface area contributed by atoms with Crippen molar-refractivity contribution in [3.8, 4) is 0 Å². The molecular weight excluding hydrogens is 230 g/mol. The standard InChI is InChI=1S/C10H15NO2S2/c1-8(2)14-10-6-4-9(5-7-10)11-15(3,12)13/h4-8,11H,1-3H3. The molecule has 5 heteroatoms. The summed E-state index contributed by atoms with van der Waals surface area (Å²) in [5, 5.41) is 0.527. The first-order valence-electron chi connectivity index (χ1n) is 4.61. The maximum absolute atomic E-state index is 10.9. The molecule has 0 bridgehead atoms. The Balaban J connectivity index is 2.73. The lowest BCUT2D eigenvalue weighted by molar-refractivity contribution is 0.607. The molecule has 1 aromatic rings. The molecule has 0 aliphatic carbocycles. The first-order valence-corrected chi connectivity index (χ1v) is 7.38. The molecule has 0 aliphatic heterocycles. The minimum Gasteiger partial charge on any atom is -0.284 e. The van der Waals surface area contributed by atoms with Crippen LogP contribution >= 0.6 is 11.8 Å². The Kier molecular flexibility index (Phi) is 4.04.